The van der Waals surface area contributed by atoms with Crippen molar-refractivity contribution in [1.29, 1.82) is 0 Å². The Morgan fingerprint density at radius 3 is 2.62 bits per heavy atom. The van der Waals surface area contributed by atoms with Crippen LogP contribution in [0.15, 0.2) is 56.5 Å². The number of aromatic amines is 1. The number of hydrogen-bond donors (Lipinski definition) is 1. The second-order valence-corrected chi connectivity index (χ2v) is 4.78. The maximum atomic E-state index is 13.5. The van der Waals surface area contributed by atoms with Crippen LogP contribution < -0.4 is 11.2 Å². The van der Waals surface area contributed by atoms with E-state index in [1.165, 1.54) is 18.2 Å². The van der Waals surface area contributed by atoms with Gasteiger partial charge in [0.2, 0.25) is 0 Å². The lowest BCUT2D eigenvalue weighted by Gasteiger charge is -2.05. The highest BCUT2D eigenvalue weighted by atomic mass is 19.1. The third kappa shape index (κ3) is 1.61. The molecule has 0 aliphatic rings. The third-order valence-electron chi connectivity index (χ3n) is 3.54. The van der Waals surface area contributed by atoms with Crippen LogP contribution in [0.2, 0.25) is 0 Å². The smallest absolute Gasteiger partial charge is 0.345 e. The van der Waals surface area contributed by atoms with E-state index < -0.39 is 17.0 Å². The minimum absolute atomic E-state index is 0.104. The third-order valence-corrected chi connectivity index (χ3v) is 3.54. The summed E-state index contributed by atoms with van der Waals surface area (Å²) in [5.41, 5.74) is -0.314. The van der Waals surface area contributed by atoms with Crippen molar-refractivity contribution in [3.05, 3.63) is 69.1 Å². The first-order valence-electron chi connectivity index (χ1n) is 6.32. The maximum absolute atomic E-state index is 13.5. The van der Waals surface area contributed by atoms with E-state index in [9.17, 15) is 14.0 Å². The number of nitrogens with one attached hydrogen (secondary N) is 1. The van der Waals surface area contributed by atoms with Gasteiger partial charge in [0.1, 0.15) is 11.4 Å². The van der Waals surface area contributed by atoms with Gasteiger partial charge in [0.25, 0.3) is 5.56 Å². The van der Waals surface area contributed by atoms with Gasteiger partial charge in [0.15, 0.2) is 0 Å². The molecule has 0 saturated heterocycles. The summed E-state index contributed by atoms with van der Waals surface area (Å²) in [6.07, 6.45) is 0. The number of rotatable bonds is 0. The van der Waals surface area contributed by atoms with Gasteiger partial charge in [-0.15, -0.1) is 0 Å². The fourth-order valence-corrected chi connectivity index (χ4v) is 2.65. The van der Waals surface area contributed by atoms with E-state index in [0.717, 1.165) is 0 Å². The monoisotopic (exact) mass is 281 g/mol. The molecular formula is C16H8FNO3. The lowest BCUT2D eigenvalue weighted by atomic mass is 10.1. The highest BCUT2D eigenvalue weighted by molar-refractivity contribution is 6.13. The zero-order valence-electron chi connectivity index (χ0n) is 10.6. The minimum Gasteiger partial charge on any atom is -0.422 e. The molecule has 0 aliphatic heterocycles. The fraction of sp³-hybridized carbons (Fsp3) is 0. The van der Waals surface area contributed by atoms with E-state index in [4.69, 9.17) is 4.42 Å². The molecule has 5 heteroatoms. The van der Waals surface area contributed by atoms with Crippen LogP contribution in [0.4, 0.5) is 4.39 Å². The maximum Gasteiger partial charge on any atom is 0.345 e. The van der Waals surface area contributed by atoms with Gasteiger partial charge in [0.05, 0.1) is 10.8 Å². The van der Waals surface area contributed by atoms with Crippen LogP contribution in [0, 0.1) is 5.82 Å². The minimum atomic E-state index is -0.648. The Labute approximate surface area is 116 Å². The van der Waals surface area contributed by atoms with Crippen molar-refractivity contribution in [3.8, 4) is 0 Å². The lowest BCUT2D eigenvalue weighted by molar-refractivity contribution is 0.570. The molecule has 102 valence electrons. The van der Waals surface area contributed by atoms with Gasteiger partial charge in [-0.3, -0.25) is 4.79 Å². The molecule has 0 amide bonds. The average molecular weight is 281 g/mol. The SMILES string of the molecule is O=c1oc2ccccc2c2c(=O)[nH]c3ccc(F)cc3c12. The molecule has 2 aromatic heterocycles. The number of para-hydroxylation sites is 1. The number of fused-ring (bicyclic) bond motifs is 5. The van der Waals surface area contributed by atoms with E-state index in [1.54, 1.807) is 24.3 Å². The molecule has 4 nitrogen and oxygen atoms in total. The van der Waals surface area contributed by atoms with Gasteiger partial charge >= 0.3 is 5.63 Å². The first kappa shape index (κ1) is 11.8. The largest absolute Gasteiger partial charge is 0.422 e. The Morgan fingerprint density at radius 1 is 0.952 bits per heavy atom. The van der Waals surface area contributed by atoms with Gasteiger partial charge in [-0.25, -0.2) is 9.18 Å². The highest BCUT2D eigenvalue weighted by Crippen LogP contribution is 2.25. The van der Waals surface area contributed by atoms with Crippen LogP contribution in [0.3, 0.4) is 0 Å². The van der Waals surface area contributed by atoms with Crippen LogP contribution in [-0.4, -0.2) is 4.98 Å². The molecule has 0 saturated carbocycles. The second-order valence-electron chi connectivity index (χ2n) is 4.78. The quantitative estimate of drug-likeness (QED) is 0.398. The molecule has 0 aliphatic carbocycles. The molecule has 0 bridgehead atoms. The standard InChI is InChI=1S/C16H8FNO3/c17-8-5-6-11-10(7-8)14-13(15(19)18-11)9-3-1-2-4-12(9)21-16(14)20/h1-7H,(H,18,19). The summed E-state index contributed by atoms with van der Waals surface area (Å²) in [5, 5.41) is 1.19. The molecule has 0 atom stereocenters. The molecule has 2 aromatic carbocycles. The van der Waals surface area contributed by atoms with Gasteiger partial charge in [-0.2, -0.15) is 0 Å². The van der Waals surface area contributed by atoms with E-state index >= 15 is 0 Å². The van der Waals surface area contributed by atoms with E-state index in [2.05, 4.69) is 4.98 Å². The number of benzene rings is 2. The van der Waals surface area contributed by atoms with E-state index in [1.807, 2.05) is 0 Å². The molecule has 4 rings (SSSR count). The predicted molar refractivity (Wildman–Crippen MR) is 78.1 cm³/mol. The number of hydrogen-bond acceptors (Lipinski definition) is 3. The van der Waals surface area contributed by atoms with Crippen LogP contribution in [0.25, 0.3) is 32.6 Å². The highest BCUT2D eigenvalue weighted by Gasteiger charge is 2.14. The number of aromatic nitrogens is 1. The number of halogens is 1. The summed E-state index contributed by atoms with van der Waals surface area (Å²) in [4.78, 5) is 27.2. The molecular weight excluding hydrogens is 273 g/mol. The van der Waals surface area contributed by atoms with Crippen molar-refractivity contribution in [2.75, 3.05) is 0 Å². The molecule has 1 N–H and O–H groups in total. The van der Waals surface area contributed by atoms with Gasteiger partial charge in [-0.1, -0.05) is 18.2 Å². The summed E-state index contributed by atoms with van der Waals surface area (Å²) in [6.45, 7) is 0. The van der Waals surface area contributed by atoms with Crippen LogP contribution in [-0.2, 0) is 0 Å². The molecule has 0 unspecified atom stereocenters. The van der Waals surface area contributed by atoms with Crippen LogP contribution >= 0.6 is 0 Å². The Hall–Kier alpha value is -2.95. The van der Waals surface area contributed by atoms with E-state index in [-0.39, 0.29) is 10.8 Å². The van der Waals surface area contributed by atoms with Gasteiger partial charge in [-0.05, 0) is 24.3 Å². The molecule has 0 spiro atoms. The van der Waals surface area contributed by atoms with Gasteiger partial charge < -0.3 is 9.40 Å². The molecule has 4 aromatic rings. The molecule has 21 heavy (non-hydrogen) atoms. The van der Waals surface area contributed by atoms with Crippen molar-refractivity contribution in [2.24, 2.45) is 0 Å². The van der Waals surface area contributed by atoms with Crippen molar-refractivity contribution in [3.63, 3.8) is 0 Å². The summed E-state index contributed by atoms with van der Waals surface area (Å²) < 4.78 is 18.7. The molecule has 2 heterocycles. The Balaban J connectivity index is 2.45. The molecule has 0 fully saturated rings. The van der Waals surface area contributed by atoms with Crippen molar-refractivity contribution < 1.29 is 8.81 Å². The fourth-order valence-electron chi connectivity index (χ4n) is 2.65. The number of H-pyrrole nitrogens is 1. The average Bonchev–Trinajstić information content (AvgIpc) is 2.47. The normalized spacial score (nSPS) is 11.5. The van der Waals surface area contributed by atoms with Crippen LogP contribution in [0.5, 0.6) is 0 Å². The Morgan fingerprint density at radius 2 is 1.76 bits per heavy atom. The van der Waals surface area contributed by atoms with Crippen molar-refractivity contribution in [1.82, 2.24) is 4.98 Å². The predicted octanol–water partition coefficient (Wildman–Crippen LogP) is 2.93. The zero-order chi connectivity index (χ0) is 14.6. The zero-order valence-corrected chi connectivity index (χ0v) is 10.6. The second kappa shape index (κ2) is 4.02. The summed E-state index contributed by atoms with van der Waals surface area (Å²) in [6, 6.07) is 10.7. The topological polar surface area (TPSA) is 63.1 Å². The summed E-state index contributed by atoms with van der Waals surface area (Å²) in [7, 11) is 0. The summed E-state index contributed by atoms with van der Waals surface area (Å²) in [5.74, 6) is -0.483. The van der Waals surface area contributed by atoms with E-state index in [0.29, 0.717) is 21.9 Å². The molecule has 0 radical (unpaired) electrons. The first-order valence-corrected chi connectivity index (χ1v) is 6.32. The van der Waals surface area contributed by atoms with Crippen molar-refractivity contribution in [2.45, 2.75) is 0 Å². The van der Waals surface area contributed by atoms with Crippen molar-refractivity contribution >= 4 is 32.6 Å². The van der Waals surface area contributed by atoms with Crippen LogP contribution in [0.1, 0.15) is 0 Å². The first-order chi connectivity index (χ1) is 10.1. The Bertz CT molecular complexity index is 1140. The summed E-state index contributed by atoms with van der Waals surface area (Å²) >= 11 is 0. The lowest BCUT2D eigenvalue weighted by Crippen LogP contribution is -2.12. The van der Waals surface area contributed by atoms with Gasteiger partial charge in [0, 0.05) is 16.3 Å². The Kier molecular flexibility index (Phi) is 2.27. The number of pyridine rings is 1.